The lowest BCUT2D eigenvalue weighted by Gasteiger charge is -2.12. The second kappa shape index (κ2) is 5.88. The first kappa shape index (κ1) is 13.6. The van der Waals surface area contributed by atoms with E-state index < -0.39 is 7.12 Å². The van der Waals surface area contributed by atoms with Gasteiger partial charge in [-0.15, -0.1) is 0 Å². The van der Waals surface area contributed by atoms with Crippen LogP contribution in [0.25, 0.3) is 0 Å². The van der Waals surface area contributed by atoms with Crippen LogP contribution in [0, 0.1) is 0 Å². The minimum absolute atomic E-state index is 0.270. The molecule has 1 aliphatic rings. The van der Waals surface area contributed by atoms with E-state index in [4.69, 9.17) is 33.2 Å². The Hall–Kier alpha value is -0.815. The highest BCUT2D eigenvalue weighted by Crippen LogP contribution is 2.25. The average Bonchev–Trinajstić information content (AvgIpc) is 2.73. The highest BCUT2D eigenvalue weighted by atomic mass is 35.5. The molecule has 0 fully saturated rings. The SMILES string of the molecule is CCCOC(=S)Nc1ccc2c(c1Cl)B(O)OC2. The molecule has 2 rings (SSSR count). The largest absolute Gasteiger partial charge is 0.493 e. The predicted octanol–water partition coefficient (Wildman–Crippen LogP) is 1.68. The first-order chi connectivity index (χ1) is 8.63. The van der Waals surface area contributed by atoms with E-state index in [0.29, 0.717) is 29.4 Å². The number of hydrogen-bond acceptors (Lipinski definition) is 4. The average molecular weight is 286 g/mol. The third-order valence-electron chi connectivity index (χ3n) is 2.59. The molecule has 96 valence electrons. The van der Waals surface area contributed by atoms with Crippen LogP contribution in [0.3, 0.4) is 0 Å². The van der Waals surface area contributed by atoms with Gasteiger partial charge < -0.3 is 19.7 Å². The molecule has 0 saturated heterocycles. The minimum Gasteiger partial charge on any atom is -0.471 e. The summed E-state index contributed by atoms with van der Waals surface area (Å²) in [6.45, 7) is 2.92. The van der Waals surface area contributed by atoms with E-state index in [0.717, 1.165) is 12.0 Å². The van der Waals surface area contributed by atoms with Gasteiger partial charge in [-0.25, -0.2) is 0 Å². The summed E-state index contributed by atoms with van der Waals surface area (Å²) in [4.78, 5) is 0. The number of thiocarbonyl (C=S) groups is 1. The first-order valence-electron chi connectivity index (χ1n) is 5.68. The first-order valence-corrected chi connectivity index (χ1v) is 6.46. The molecule has 4 nitrogen and oxygen atoms in total. The molecular formula is C11H13BClNO3S. The van der Waals surface area contributed by atoms with Gasteiger partial charge in [0.15, 0.2) is 0 Å². The summed E-state index contributed by atoms with van der Waals surface area (Å²) < 4.78 is 10.4. The molecule has 1 aromatic rings. The molecule has 7 heteroatoms. The van der Waals surface area contributed by atoms with Crippen molar-refractivity contribution in [2.45, 2.75) is 20.0 Å². The van der Waals surface area contributed by atoms with Gasteiger partial charge in [0, 0.05) is 5.46 Å². The van der Waals surface area contributed by atoms with Crippen LogP contribution >= 0.6 is 23.8 Å². The fraction of sp³-hybridized carbons (Fsp3) is 0.364. The van der Waals surface area contributed by atoms with E-state index >= 15 is 0 Å². The van der Waals surface area contributed by atoms with Crippen LogP contribution in [0.2, 0.25) is 5.02 Å². The Morgan fingerprint density at radius 1 is 1.67 bits per heavy atom. The van der Waals surface area contributed by atoms with E-state index in [1.54, 1.807) is 6.07 Å². The van der Waals surface area contributed by atoms with Crippen molar-refractivity contribution in [2.75, 3.05) is 11.9 Å². The monoisotopic (exact) mass is 285 g/mol. The molecular weight excluding hydrogens is 272 g/mol. The summed E-state index contributed by atoms with van der Waals surface area (Å²) in [7, 11) is -0.973. The third kappa shape index (κ3) is 2.77. The van der Waals surface area contributed by atoms with Crippen LogP contribution in [-0.2, 0) is 16.0 Å². The quantitative estimate of drug-likeness (QED) is 0.654. The number of benzene rings is 1. The molecule has 0 unspecified atom stereocenters. The summed E-state index contributed by atoms with van der Waals surface area (Å²) in [5.74, 6) is 0. The summed E-state index contributed by atoms with van der Waals surface area (Å²) in [5.41, 5.74) is 2.10. The highest BCUT2D eigenvalue weighted by molar-refractivity contribution is 7.80. The molecule has 0 aliphatic carbocycles. The minimum atomic E-state index is -0.973. The Balaban J connectivity index is 2.15. The molecule has 2 N–H and O–H groups in total. The van der Waals surface area contributed by atoms with Crippen molar-refractivity contribution in [3.8, 4) is 0 Å². The predicted molar refractivity (Wildman–Crippen MR) is 76.3 cm³/mol. The Morgan fingerprint density at radius 3 is 3.17 bits per heavy atom. The van der Waals surface area contributed by atoms with Gasteiger partial charge in [0.1, 0.15) is 0 Å². The van der Waals surface area contributed by atoms with Gasteiger partial charge in [-0.2, -0.15) is 0 Å². The molecule has 1 heterocycles. The molecule has 0 atom stereocenters. The topological polar surface area (TPSA) is 50.7 Å². The van der Waals surface area contributed by atoms with E-state index in [1.807, 2.05) is 13.0 Å². The van der Waals surface area contributed by atoms with Gasteiger partial charge in [-0.05, 0) is 30.3 Å². The van der Waals surface area contributed by atoms with Crippen molar-refractivity contribution >= 4 is 47.3 Å². The van der Waals surface area contributed by atoms with Crippen molar-refractivity contribution in [2.24, 2.45) is 0 Å². The van der Waals surface area contributed by atoms with Gasteiger partial charge >= 0.3 is 7.12 Å². The van der Waals surface area contributed by atoms with Gasteiger partial charge in [-0.3, -0.25) is 0 Å². The fourth-order valence-electron chi connectivity index (χ4n) is 1.72. The molecule has 0 bridgehead atoms. The van der Waals surface area contributed by atoms with Crippen molar-refractivity contribution in [3.05, 3.63) is 22.7 Å². The Kier molecular flexibility index (Phi) is 4.45. The van der Waals surface area contributed by atoms with E-state index in [9.17, 15) is 5.02 Å². The second-order valence-electron chi connectivity index (χ2n) is 3.92. The molecule has 0 radical (unpaired) electrons. The van der Waals surface area contributed by atoms with Crippen molar-refractivity contribution in [3.63, 3.8) is 0 Å². The van der Waals surface area contributed by atoms with Crippen molar-refractivity contribution in [1.82, 2.24) is 0 Å². The van der Waals surface area contributed by atoms with E-state index in [-0.39, 0.29) is 5.17 Å². The lowest BCUT2D eigenvalue weighted by atomic mass is 9.79. The number of fused-ring (bicyclic) bond motifs is 1. The number of nitrogens with one attached hydrogen (secondary N) is 1. The van der Waals surface area contributed by atoms with Crippen LogP contribution in [0.15, 0.2) is 12.1 Å². The number of rotatable bonds is 3. The van der Waals surface area contributed by atoms with Gasteiger partial charge in [0.25, 0.3) is 5.17 Å². The van der Waals surface area contributed by atoms with Crippen LogP contribution in [0.4, 0.5) is 5.69 Å². The molecule has 1 aliphatic heterocycles. The molecule has 0 amide bonds. The molecule has 0 aromatic heterocycles. The number of ether oxygens (including phenoxy) is 1. The smallest absolute Gasteiger partial charge is 0.471 e. The zero-order chi connectivity index (χ0) is 13.1. The standard InChI is InChI=1S/C11H13BClNO3S/c1-2-5-16-11(18)14-8-4-3-7-6-17-12(15)9(7)10(8)13/h3-4,15H,2,5-6H2,1H3,(H,14,18). The Labute approximate surface area is 116 Å². The van der Waals surface area contributed by atoms with Gasteiger partial charge in [-0.1, -0.05) is 24.6 Å². The number of anilines is 1. The van der Waals surface area contributed by atoms with E-state index in [1.165, 1.54) is 0 Å². The van der Waals surface area contributed by atoms with Crippen LogP contribution in [-0.4, -0.2) is 23.9 Å². The Bertz CT molecular complexity index is 472. The van der Waals surface area contributed by atoms with E-state index in [2.05, 4.69) is 5.32 Å². The summed E-state index contributed by atoms with van der Waals surface area (Å²) in [5, 5.41) is 13.3. The van der Waals surface area contributed by atoms with Crippen molar-refractivity contribution in [1.29, 1.82) is 0 Å². The van der Waals surface area contributed by atoms with Gasteiger partial charge in [0.05, 0.1) is 23.9 Å². The molecule has 18 heavy (non-hydrogen) atoms. The molecule has 0 saturated carbocycles. The maximum absolute atomic E-state index is 9.66. The van der Waals surface area contributed by atoms with Crippen molar-refractivity contribution < 1.29 is 14.4 Å². The Morgan fingerprint density at radius 2 is 2.44 bits per heavy atom. The van der Waals surface area contributed by atoms with Crippen LogP contribution < -0.4 is 10.8 Å². The number of hydrogen-bond donors (Lipinski definition) is 2. The fourth-order valence-corrected chi connectivity index (χ4v) is 2.23. The zero-order valence-electron chi connectivity index (χ0n) is 9.90. The maximum Gasteiger partial charge on any atom is 0.493 e. The number of halogens is 1. The van der Waals surface area contributed by atoms with Crippen LogP contribution in [0.5, 0.6) is 0 Å². The second-order valence-corrected chi connectivity index (χ2v) is 4.67. The molecule has 1 aromatic carbocycles. The normalized spacial score (nSPS) is 13.4. The van der Waals surface area contributed by atoms with Gasteiger partial charge in [0.2, 0.25) is 0 Å². The zero-order valence-corrected chi connectivity index (χ0v) is 11.5. The third-order valence-corrected chi connectivity index (χ3v) is 3.21. The molecule has 0 spiro atoms. The summed E-state index contributed by atoms with van der Waals surface area (Å²) >= 11 is 11.2. The maximum atomic E-state index is 9.66. The van der Waals surface area contributed by atoms with Crippen LogP contribution in [0.1, 0.15) is 18.9 Å². The lowest BCUT2D eigenvalue weighted by molar-refractivity contribution is 0.275. The summed E-state index contributed by atoms with van der Waals surface area (Å²) in [6, 6.07) is 3.65. The lowest BCUT2D eigenvalue weighted by Crippen LogP contribution is -2.30. The summed E-state index contributed by atoms with van der Waals surface area (Å²) in [6.07, 6.45) is 0.881. The highest BCUT2D eigenvalue weighted by Gasteiger charge is 2.31.